The quantitative estimate of drug-likeness (QED) is 0.149. The van der Waals surface area contributed by atoms with Crippen LogP contribution in [0.5, 0.6) is 5.75 Å². The molecule has 1 aliphatic heterocycles. The number of hydrogen-bond donors (Lipinski definition) is 1. The summed E-state index contributed by atoms with van der Waals surface area (Å²) in [5, 5.41) is 9.17. The Morgan fingerprint density at radius 2 is 1.68 bits per heavy atom. The number of carboxylic acid groups (broad SMARTS) is 1. The number of carbonyl (C=O) groups is 2. The highest BCUT2D eigenvalue weighted by molar-refractivity contribution is 6.75. The van der Waals surface area contributed by atoms with E-state index in [1.54, 1.807) is 6.08 Å². The molecule has 0 fully saturated rings. The predicted octanol–water partition coefficient (Wildman–Crippen LogP) is 8.55. The third-order valence-corrected chi connectivity index (χ3v) is 17.7. The van der Waals surface area contributed by atoms with Crippen molar-refractivity contribution in [2.24, 2.45) is 5.92 Å². The van der Waals surface area contributed by atoms with E-state index in [1.165, 1.54) is 0 Å². The lowest BCUT2D eigenvalue weighted by atomic mass is 9.93. The van der Waals surface area contributed by atoms with Crippen LogP contribution in [0.1, 0.15) is 83.7 Å². The lowest BCUT2D eigenvalue weighted by Crippen LogP contribution is -2.46. The Morgan fingerprint density at radius 1 is 1.05 bits per heavy atom. The average molecular weight is 589 g/mol. The van der Waals surface area contributed by atoms with Crippen LogP contribution in [-0.4, -0.2) is 45.9 Å². The predicted molar refractivity (Wildman–Crippen MR) is 168 cm³/mol. The van der Waals surface area contributed by atoms with Crippen LogP contribution in [0.25, 0.3) is 0 Å². The summed E-state index contributed by atoms with van der Waals surface area (Å²) < 4.78 is 19.8. The van der Waals surface area contributed by atoms with Crippen LogP contribution in [0.4, 0.5) is 0 Å². The number of ether oxygens (including phenoxy) is 1. The van der Waals surface area contributed by atoms with Crippen molar-refractivity contribution < 1.29 is 28.3 Å². The first-order valence-electron chi connectivity index (χ1n) is 14.5. The number of esters is 1. The maximum absolute atomic E-state index is 13.9. The van der Waals surface area contributed by atoms with Crippen LogP contribution in [0.15, 0.2) is 42.5 Å². The molecule has 0 aliphatic carbocycles. The van der Waals surface area contributed by atoms with Crippen molar-refractivity contribution >= 4 is 28.6 Å². The largest absolute Gasteiger partial charge is 0.543 e. The molecular formula is C32H52O6Si2. The molecule has 1 N–H and O–H groups in total. The van der Waals surface area contributed by atoms with Crippen molar-refractivity contribution in [2.75, 3.05) is 0 Å². The molecule has 3 atom stereocenters. The Bertz CT molecular complexity index is 1090. The minimum absolute atomic E-state index is 0.0244. The summed E-state index contributed by atoms with van der Waals surface area (Å²) in [5.41, 5.74) is 1.32. The summed E-state index contributed by atoms with van der Waals surface area (Å²) in [6, 6.07) is 5.76. The number of rotatable bonds is 7. The first-order valence-corrected chi connectivity index (χ1v) is 20.3. The fourth-order valence-electron chi connectivity index (χ4n) is 4.10. The van der Waals surface area contributed by atoms with Crippen molar-refractivity contribution in [1.82, 2.24) is 0 Å². The zero-order chi connectivity index (χ0) is 30.5. The molecular weight excluding hydrogens is 537 g/mol. The first kappa shape index (κ1) is 34.0. The molecule has 1 aliphatic rings. The van der Waals surface area contributed by atoms with E-state index in [0.717, 1.165) is 18.1 Å². The Balaban J connectivity index is 2.56. The summed E-state index contributed by atoms with van der Waals surface area (Å²) in [7, 11) is -4.36. The highest BCUT2D eigenvalue weighted by Crippen LogP contribution is 2.41. The van der Waals surface area contributed by atoms with Gasteiger partial charge in [-0.3, -0.25) is 0 Å². The molecule has 0 bridgehead atoms. The average Bonchev–Trinajstić information content (AvgIpc) is 2.78. The zero-order valence-electron chi connectivity index (χ0n) is 26.6. The van der Waals surface area contributed by atoms with Gasteiger partial charge < -0.3 is 18.7 Å². The van der Waals surface area contributed by atoms with Gasteiger partial charge in [-0.25, -0.2) is 9.59 Å². The smallest absolute Gasteiger partial charge is 0.342 e. The number of carboxylic acids is 1. The fourth-order valence-corrected chi connectivity index (χ4v) is 6.56. The number of allylic oxidation sites excluding steroid dienone is 2. The monoisotopic (exact) mass is 588 g/mol. The van der Waals surface area contributed by atoms with Crippen LogP contribution in [-0.2, 0) is 20.4 Å². The molecule has 40 heavy (non-hydrogen) atoms. The molecule has 6 nitrogen and oxygen atoms in total. The molecule has 0 saturated heterocycles. The van der Waals surface area contributed by atoms with Gasteiger partial charge in [0.1, 0.15) is 17.4 Å². The number of carbonyl (C=O) groups excluding carboxylic acids is 1. The van der Waals surface area contributed by atoms with Gasteiger partial charge >= 0.3 is 11.9 Å². The minimum atomic E-state index is -2.24. The Morgan fingerprint density at radius 3 is 2.25 bits per heavy atom. The zero-order valence-corrected chi connectivity index (χ0v) is 28.6. The second-order valence-electron chi connectivity index (χ2n) is 14.2. The second-order valence-corrected chi connectivity index (χ2v) is 23.7. The maximum Gasteiger partial charge on any atom is 0.342 e. The van der Waals surface area contributed by atoms with Crippen LogP contribution in [0, 0.1) is 5.92 Å². The van der Waals surface area contributed by atoms with Crippen LogP contribution in [0.2, 0.25) is 36.3 Å². The molecule has 0 amide bonds. The van der Waals surface area contributed by atoms with E-state index in [2.05, 4.69) is 86.8 Å². The molecule has 8 heteroatoms. The van der Waals surface area contributed by atoms with Crippen molar-refractivity contribution in [3.05, 3.63) is 53.6 Å². The molecule has 0 saturated carbocycles. The van der Waals surface area contributed by atoms with E-state index in [0.29, 0.717) is 30.6 Å². The maximum atomic E-state index is 13.9. The van der Waals surface area contributed by atoms with E-state index in [4.69, 9.17) is 13.6 Å². The fraction of sp³-hybridized carbons (Fsp3) is 0.625. The van der Waals surface area contributed by atoms with Crippen molar-refractivity contribution in [3.8, 4) is 5.75 Å². The van der Waals surface area contributed by atoms with E-state index < -0.39 is 34.7 Å². The summed E-state index contributed by atoms with van der Waals surface area (Å²) in [4.78, 5) is 25.1. The molecule has 1 aromatic rings. The van der Waals surface area contributed by atoms with Gasteiger partial charge in [-0.15, -0.1) is 0 Å². The molecule has 0 radical (unpaired) electrons. The standard InChI is InChI=1S/C32H52O6Si2/c1-23-16-12-13-17-24-18-14-20-26(37-39(8,9)31(2,3)4)29(24)30(35)36-25(19-15-21-28(33)34)22-27(23)38-40(10,11)32(5,6)7/h12-15,18,20-21,23,25,27H,16-17,19,22H2,1-11H3,(H,33,34)/t23-,25?,27+/m0/s1. The molecule has 1 unspecified atom stereocenters. The molecule has 1 aromatic carbocycles. The third-order valence-electron chi connectivity index (χ3n) is 8.82. The third kappa shape index (κ3) is 9.18. The number of hydrogen-bond acceptors (Lipinski definition) is 5. The molecule has 2 rings (SSSR count). The Hall–Kier alpha value is -2.17. The molecule has 1 heterocycles. The molecule has 224 valence electrons. The highest BCUT2D eigenvalue weighted by atomic mass is 28.4. The second kappa shape index (κ2) is 13.2. The van der Waals surface area contributed by atoms with E-state index in [9.17, 15) is 14.7 Å². The van der Waals surface area contributed by atoms with Gasteiger partial charge in [-0.05, 0) is 66.7 Å². The van der Waals surface area contributed by atoms with Gasteiger partial charge in [-0.1, -0.05) is 78.8 Å². The van der Waals surface area contributed by atoms with Gasteiger partial charge in [0.15, 0.2) is 8.32 Å². The Kier molecular flexibility index (Phi) is 11.2. The van der Waals surface area contributed by atoms with Crippen molar-refractivity contribution in [1.29, 1.82) is 0 Å². The van der Waals surface area contributed by atoms with Gasteiger partial charge in [0.2, 0.25) is 0 Å². The summed E-state index contributed by atoms with van der Waals surface area (Å²) in [5.74, 6) is -0.711. The molecule has 0 aromatic heterocycles. The van der Waals surface area contributed by atoms with Gasteiger partial charge in [0.05, 0.1) is 6.10 Å². The summed E-state index contributed by atoms with van der Waals surface area (Å²) >= 11 is 0. The number of cyclic esters (lactones) is 1. The van der Waals surface area contributed by atoms with Crippen LogP contribution < -0.4 is 4.43 Å². The minimum Gasteiger partial charge on any atom is -0.543 e. The first-order chi connectivity index (χ1) is 18.2. The van der Waals surface area contributed by atoms with Crippen molar-refractivity contribution in [3.63, 3.8) is 0 Å². The van der Waals surface area contributed by atoms with Gasteiger partial charge in [0, 0.05) is 18.9 Å². The van der Waals surface area contributed by atoms with Gasteiger partial charge in [-0.2, -0.15) is 0 Å². The summed E-state index contributed by atoms with van der Waals surface area (Å²) in [6.45, 7) is 24.1. The number of aliphatic carboxylic acids is 1. The van der Waals surface area contributed by atoms with E-state index >= 15 is 0 Å². The Labute approximate surface area is 244 Å². The number of fused-ring (bicyclic) bond motifs is 1. The topological polar surface area (TPSA) is 82.1 Å². The van der Waals surface area contributed by atoms with E-state index in [1.807, 2.05) is 18.2 Å². The number of benzene rings is 1. The van der Waals surface area contributed by atoms with Crippen molar-refractivity contribution in [2.45, 2.75) is 123 Å². The lowest BCUT2D eigenvalue weighted by Gasteiger charge is -2.41. The SMILES string of the molecule is C[C@H]1CC=CCc2cccc(O[Si](C)(C)C(C)(C)C)c2C(=O)OC(CC=CC(=O)O)C[C@H]1O[Si](C)(C)C(C)(C)C. The van der Waals surface area contributed by atoms with Crippen LogP contribution in [0.3, 0.4) is 0 Å². The van der Waals surface area contributed by atoms with E-state index in [-0.39, 0.29) is 22.1 Å². The van der Waals surface area contributed by atoms with Crippen LogP contribution >= 0.6 is 0 Å². The molecule has 0 spiro atoms. The lowest BCUT2D eigenvalue weighted by molar-refractivity contribution is -0.131. The highest BCUT2D eigenvalue weighted by Gasteiger charge is 2.42. The normalized spacial score (nSPS) is 21.8. The van der Waals surface area contributed by atoms with Gasteiger partial charge in [0.25, 0.3) is 8.32 Å². The summed E-state index contributed by atoms with van der Waals surface area (Å²) in [6.07, 6.45) is 8.50.